The summed E-state index contributed by atoms with van der Waals surface area (Å²) >= 11 is 12.7. The lowest BCUT2D eigenvalue weighted by Gasteiger charge is -2.33. The molecule has 4 atom stereocenters. The third-order valence-corrected chi connectivity index (χ3v) is 10.4. The van der Waals surface area contributed by atoms with Crippen LogP contribution in [0.25, 0.3) is 5.69 Å². The molecule has 0 spiro atoms. The van der Waals surface area contributed by atoms with Crippen LogP contribution in [-0.2, 0) is 28.2 Å². The van der Waals surface area contributed by atoms with Gasteiger partial charge < -0.3 is 24.8 Å². The van der Waals surface area contributed by atoms with Crippen molar-refractivity contribution >= 4 is 28.9 Å². The average Bonchev–Trinajstić information content (AvgIpc) is 3.89. The van der Waals surface area contributed by atoms with Gasteiger partial charge in [0, 0.05) is 35.4 Å². The van der Waals surface area contributed by atoms with Crippen molar-refractivity contribution in [2.75, 3.05) is 31.2 Å². The highest BCUT2D eigenvalue weighted by Crippen LogP contribution is 2.40. The maximum absolute atomic E-state index is 12.9. The van der Waals surface area contributed by atoms with E-state index >= 15 is 0 Å². The van der Waals surface area contributed by atoms with Crippen molar-refractivity contribution in [3.8, 4) is 11.4 Å². The molecule has 2 aromatic heterocycles. The van der Waals surface area contributed by atoms with Crippen LogP contribution >= 0.6 is 23.2 Å². The predicted octanol–water partition coefficient (Wildman–Crippen LogP) is 5.65. The molecule has 268 valence electrons. The Hall–Kier alpha value is -4.20. The number of anilines is 1. The molecule has 0 bridgehead atoms. The smallest absolute Gasteiger partial charge is 0.350 e. The van der Waals surface area contributed by atoms with E-state index in [0.717, 1.165) is 49.5 Å². The summed E-state index contributed by atoms with van der Waals surface area (Å²) in [5, 5.41) is 13.8. The SMILES string of the molecule is CC(N)C(C)n1cnn(-c2ccc(N3CCC(Cc4ccc(OC[C@@H]5CO[C@@](Cn6nccn6)(c6ccc(Cl)cc6Cl)O5)cc4)CC3)cc2)c1=O. The summed E-state index contributed by atoms with van der Waals surface area (Å²) in [6.45, 7) is 6.62. The Bertz CT molecular complexity index is 1960. The van der Waals surface area contributed by atoms with E-state index in [2.05, 4.69) is 44.5 Å². The maximum atomic E-state index is 12.9. The van der Waals surface area contributed by atoms with Crippen LogP contribution in [-0.4, -0.2) is 67.8 Å². The number of halogens is 2. The predicted molar refractivity (Wildman–Crippen MR) is 196 cm³/mol. The first-order chi connectivity index (χ1) is 24.7. The molecule has 0 aliphatic carbocycles. The Kier molecular flexibility index (Phi) is 10.5. The highest BCUT2D eigenvalue weighted by atomic mass is 35.5. The van der Waals surface area contributed by atoms with Gasteiger partial charge in [0.05, 0.1) is 35.8 Å². The van der Waals surface area contributed by atoms with E-state index in [1.165, 1.54) is 15.0 Å². The van der Waals surface area contributed by atoms with Crippen LogP contribution < -0.4 is 21.1 Å². The van der Waals surface area contributed by atoms with Crippen molar-refractivity contribution in [3.63, 3.8) is 0 Å². The van der Waals surface area contributed by atoms with E-state index in [-0.39, 0.29) is 30.4 Å². The number of piperidine rings is 1. The van der Waals surface area contributed by atoms with Gasteiger partial charge in [-0.05, 0) is 93.1 Å². The number of hydrogen-bond acceptors (Lipinski definition) is 9. The lowest BCUT2D eigenvalue weighted by atomic mass is 9.90. The number of aromatic nitrogens is 6. The largest absolute Gasteiger partial charge is 0.491 e. The molecule has 51 heavy (non-hydrogen) atoms. The summed E-state index contributed by atoms with van der Waals surface area (Å²) in [7, 11) is 0. The molecule has 2 N–H and O–H groups in total. The molecular formula is C37H42Cl2N8O4. The van der Waals surface area contributed by atoms with Gasteiger partial charge in [0.25, 0.3) is 0 Å². The van der Waals surface area contributed by atoms with E-state index in [1.807, 2.05) is 44.2 Å². The van der Waals surface area contributed by atoms with Gasteiger partial charge in [-0.1, -0.05) is 41.4 Å². The maximum Gasteiger partial charge on any atom is 0.350 e. The lowest BCUT2D eigenvalue weighted by molar-refractivity contribution is -0.192. The third kappa shape index (κ3) is 7.85. The van der Waals surface area contributed by atoms with Gasteiger partial charge in [0.15, 0.2) is 0 Å². The van der Waals surface area contributed by atoms with Gasteiger partial charge >= 0.3 is 5.69 Å². The van der Waals surface area contributed by atoms with Crippen molar-refractivity contribution < 1.29 is 14.2 Å². The first-order valence-electron chi connectivity index (χ1n) is 17.3. The normalized spacial score (nSPS) is 20.8. The van der Waals surface area contributed by atoms with E-state index in [9.17, 15) is 4.79 Å². The Labute approximate surface area is 306 Å². The molecule has 4 heterocycles. The van der Waals surface area contributed by atoms with Crippen LogP contribution in [0.4, 0.5) is 5.69 Å². The molecule has 3 aromatic carbocycles. The van der Waals surface area contributed by atoms with Crippen molar-refractivity contribution in [1.82, 2.24) is 29.3 Å². The summed E-state index contributed by atoms with van der Waals surface area (Å²) in [5.41, 5.74) is 9.65. The summed E-state index contributed by atoms with van der Waals surface area (Å²) in [6, 6.07) is 21.3. The van der Waals surface area contributed by atoms with E-state index < -0.39 is 5.79 Å². The molecule has 0 amide bonds. The molecule has 2 aliphatic heterocycles. The molecule has 5 aromatic rings. The molecule has 0 saturated carbocycles. The number of ether oxygens (including phenoxy) is 3. The fraction of sp³-hybridized carbons (Fsp3) is 0.405. The fourth-order valence-corrected chi connectivity index (χ4v) is 7.29. The lowest BCUT2D eigenvalue weighted by Crippen LogP contribution is -2.35. The highest BCUT2D eigenvalue weighted by Gasteiger charge is 2.46. The first-order valence-corrected chi connectivity index (χ1v) is 18.0. The molecule has 14 heteroatoms. The summed E-state index contributed by atoms with van der Waals surface area (Å²) < 4.78 is 21.9. The van der Waals surface area contributed by atoms with Crippen molar-refractivity contribution in [1.29, 1.82) is 0 Å². The van der Waals surface area contributed by atoms with Crippen LogP contribution in [0.1, 0.15) is 43.9 Å². The van der Waals surface area contributed by atoms with Gasteiger partial charge in [-0.3, -0.25) is 4.57 Å². The van der Waals surface area contributed by atoms with Gasteiger partial charge in [0.1, 0.15) is 31.3 Å². The quantitative estimate of drug-likeness (QED) is 0.173. The zero-order valence-corrected chi connectivity index (χ0v) is 30.2. The number of nitrogens with two attached hydrogens (primary N) is 1. The van der Waals surface area contributed by atoms with Gasteiger partial charge in [-0.15, -0.1) is 0 Å². The molecule has 2 fully saturated rings. The number of rotatable bonds is 12. The Morgan fingerprint density at radius 1 is 0.961 bits per heavy atom. The Balaban J connectivity index is 0.894. The minimum atomic E-state index is -1.17. The Morgan fingerprint density at radius 3 is 2.35 bits per heavy atom. The zero-order valence-electron chi connectivity index (χ0n) is 28.6. The summed E-state index contributed by atoms with van der Waals surface area (Å²) in [4.78, 5) is 16.8. The van der Waals surface area contributed by atoms with Crippen LogP contribution in [0, 0.1) is 5.92 Å². The zero-order chi connectivity index (χ0) is 35.5. The second kappa shape index (κ2) is 15.2. The van der Waals surface area contributed by atoms with Crippen molar-refractivity contribution in [3.05, 3.63) is 117 Å². The van der Waals surface area contributed by atoms with Crippen LogP contribution in [0.3, 0.4) is 0 Å². The summed E-state index contributed by atoms with van der Waals surface area (Å²) in [6.07, 6.45) is 7.66. The van der Waals surface area contributed by atoms with E-state index in [4.69, 9.17) is 43.1 Å². The second-order valence-electron chi connectivity index (χ2n) is 13.4. The molecule has 12 nitrogen and oxygen atoms in total. The standard InChI is InChI=1S/C37H42Cl2N8O4/c1-25(40)26(2)45-24-43-47(36(45)48)31-8-6-30(7-9-31)44-17-13-28(14-18-44)19-27-3-10-32(11-4-27)49-21-33-22-50-37(51-33,23-46-41-15-16-42-46)34-12-5-29(38)20-35(34)39/h3-12,15-16,20,24-26,28,33H,13-14,17-19,21-23,40H2,1-2H3/t25?,26?,33-,37-/m1/s1. The fourth-order valence-electron chi connectivity index (χ4n) is 6.74. The van der Waals surface area contributed by atoms with Gasteiger partial charge in [0.2, 0.25) is 5.79 Å². The summed E-state index contributed by atoms with van der Waals surface area (Å²) in [5.74, 6) is 0.197. The molecule has 2 aliphatic rings. The van der Waals surface area contributed by atoms with Crippen LogP contribution in [0.2, 0.25) is 10.0 Å². The monoisotopic (exact) mass is 732 g/mol. The number of nitrogens with zero attached hydrogens (tertiary/aromatic N) is 7. The van der Waals surface area contributed by atoms with Crippen molar-refractivity contribution in [2.24, 2.45) is 11.7 Å². The molecule has 0 radical (unpaired) electrons. The Morgan fingerprint density at radius 2 is 1.67 bits per heavy atom. The molecular weight excluding hydrogens is 691 g/mol. The second-order valence-corrected chi connectivity index (χ2v) is 14.3. The highest BCUT2D eigenvalue weighted by molar-refractivity contribution is 6.35. The first kappa shape index (κ1) is 35.2. The van der Waals surface area contributed by atoms with Crippen molar-refractivity contribution in [2.45, 2.75) is 63.6 Å². The molecule has 2 saturated heterocycles. The number of hydrogen-bond donors (Lipinski definition) is 1. The van der Waals surface area contributed by atoms with E-state index in [0.29, 0.717) is 34.7 Å². The van der Waals surface area contributed by atoms with Crippen LogP contribution in [0.5, 0.6) is 5.75 Å². The van der Waals surface area contributed by atoms with E-state index in [1.54, 1.807) is 35.4 Å². The molecule has 7 rings (SSSR count). The molecule has 2 unspecified atom stereocenters. The minimum Gasteiger partial charge on any atom is -0.491 e. The minimum absolute atomic E-state index is 0.132. The number of benzene rings is 3. The van der Waals surface area contributed by atoms with Gasteiger partial charge in [-0.25, -0.2) is 4.79 Å². The van der Waals surface area contributed by atoms with Crippen LogP contribution in [0.15, 0.2) is 90.2 Å². The third-order valence-electron chi connectivity index (χ3n) is 9.87. The topological polar surface area (TPSA) is 127 Å². The van der Waals surface area contributed by atoms with Gasteiger partial charge in [-0.2, -0.15) is 24.8 Å². The average molecular weight is 734 g/mol.